The molecular weight excluding hydrogens is 218 g/mol. The topological polar surface area (TPSA) is 21.3 Å². The molecule has 1 rings (SSSR count). The van der Waals surface area contributed by atoms with Gasteiger partial charge in [0.15, 0.2) is 0 Å². The number of rotatable bonds is 8. The highest BCUT2D eigenvalue weighted by atomic mass is 32.2. The van der Waals surface area contributed by atoms with Crippen molar-refractivity contribution in [2.45, 2.75) is 13.3 Å². The van der Waals surface area contributed by atoms with Crippen molar-refractivity contribution in [1.82, 2.24) is 5.32 Å². The van der Waals surface area contributed by atoms with Crippen molar-refractivity contribution < 1.29 is 4.74 Å². The Morgan fingerprint density at radius 1 is 1.31 bits per heavy atom. The van der Waals surface area contributed by atoms with E-state index in [-0.39, 0.29) is 0 Å². The van der Waals surface area contributed by atoms with E-state index in [1.807, 2.05) is 23.9 Å². The minimum Gasteiger partial charge on any atom is -0.497 e. The summed E-state index contributed by atoms with van der Waals surface area (Å²) in [6, 6.07) is 8.27. The SMILES string of the molecule is CCSCCNCCc1cccc(OC)c1. The third kappa shape index (κ3) is 5.42. The number of ether oxygens (including phenoxy) is 1. The van der Waals surface area contributed by atoms with E-state index in [1.165, 1.54) is 17.1 Å². The van der Waals surface area contributed by atoms with Crippen LogP contribution in [0.5, 0.6) is 5.75 Å². The van der Waals surface area contributed by atoms with Crippen LogP contribution in [0, 0.1) is 0 Å². The monoisotopic (exact) mass is 239 g/mol. The molecule has 0 heterocycles. The van der Waals surface area contributed by atoms with E-state index in [1.54, 1.807) is 7.11 Å². The van der Waals surface area contributed by atoms with E-state index in [4.69, 9.17) is 4.74 Å². The van der Waals surface area contributed by atoms with E-state index in [2.05, 4.69) is 24.4 Å². The molecule has 0 saturated carbocycles. The summed E-state index contributed by atoms with van der Waals surface area (Å²) >= 11 is 1.98. The zero-order valence-corrected chi connectivity index (χ0v) is 11.0. The molecule has 1 aromatic rings. The standard InChI is InChI=1S/C13H21NOS/c1-3-16-10-9-14-8-7-12-5-4-6-13(11-12)15-2/h4-6,11,14H,3,7-10H2,1-2H3. The zero-order valence-electron chi connectivity index (χ0n) is 10.2. The van der Waals surface area contributed by atoms with Crippen molar-refractivity contribution in [3.63, 3.8) is 0 Å². The average Bonchev–Trinajstić information content (AvgIpc) is 2.34. The van der Waals surface area contributed by atoms with Crippen LogP contribution in [0.4, 0.5) is 0 Å². The molecule has 0 radical (unpaired) electrons. The third-order valence-electron chi connectivity index (χ3n) is 2.35. The predicted molar refractivity (Wildman–Crippen MR) is 72.6 cm³/mol. The summed E-state index contributed by atoms with van der Waals surface area (Å²) in [4.78, 5) is 0. The van der Waals surface area contributed by atoms with Crippen LogP contribution in [0.3, 0.4) is 0 Å². The number of thioether (sulfide) groups is 1. The molecule has 0 atom stereocenters. The van der Waals surface area contributed by atoms with Gasteiger partial charge < -0.3 is 10.1 Å². The van der Waals surface area contributed by atoms with Crippen molar-refractivity contribution in [3.8, 4) is 5.75 Å². The Kier molecular flexibility index (Phi) is 7.10. The molecule has 0 amide bonds. The molecule has 0 aliphatic carbocycles. The summed E-state index contributed by atoms with van der Waals surface area (Å²) in [5, 5.41) is 3.44. The average molecular weight is 239 g/mol. The number of hydrogen-bond donors (Lipinski definition) is 1. The second-order valence-electron chi connectivity index (χ2n) is 3.55. The Morgan fingerprint density at radius 2 is 2.19 bits per heavy atom. The van der Waals surface area contributed by atoms with Gasteiger partial charge in [-0.1, -0.05) is 19.1 Å². The summed E-state index contributed by atoms with van der Waals surface area (Å²) in [6.07, 6.45) is 1.06. The molecule has 0 spiro atoms. The zero-order chi connectivity index (χ0) is 11.6. The summed E-state index contributed by atoms with van der Waals surface area (Å²) in [5.74, 6) is 3.35. The van der Waals surface area contributed by atoms with E-state index < -0.39 is 0 Å². The van der Waals surface area contributed by atoms with Gasteiger partial charge in [-0.15, -0.1) is 0 Å². The smallest absolute Gasteiger partial charge is 0.119 e. The van der Waals surface area contributed by atoms with Gasteiger partial charge in [0, 0.05) is 12.3 Å². The van der Waals surface area contributed by atoms with E-state index in [0.717, 1.165) is 25.3 Å². The molecule has 16 heavy (non-hydrogen) atoms. The normalized spacial score (nSPS) is 10.4. The highest BCUT2D eigenvalue weighted by Gasteiger charge is 1.95. The molecule has 90 valence electrons. The highest BCUT2D eigenvalue weighted by Crippen LogP contribution is 2.12. The van der Waals surface area contributed by atoms with Gasteiger partial charge in [-0.3, -0.25) is 0 Å². The molecule has 0 bridgehead atoms. The van der Waals surface area contributed by atoms with Crippen LogP contribution in [0.25, 0.3) is 0 Å². The first-order valence-electron chi connectivity index (χ1n) is 5.78. The van der Waals surface area contributed by atoms with E-state index in [0.29, 0.717) is 0 Å². The minimum absolute atomic E-state index is 0.944. The summed E-state index contributed by atoms with van der Waals surface area (Å²) in [6.45, 7) is 4.33. The molecule has 0 aliphatic heterocycles. The van der Waals surface area contributed by atoms with Gasteiger partial charge in [-0.25, -0.2) is 0 Å². The largest absolute Gasteiger partial charge is 0.497 e. The molecule has 0 unspecified atom stereocenters. The molecule has 3 heteroatoms. The van der Waals surface area contributed by atoms with Crippen molar-refractivity contribution in [2.75, 3.05) is 31.7 Å². The molecule has 1 aromatic carbocycles. The van der Waals surface area contributed by atoms with Crippen molar-refractivity contribution in [2.24, 2.45) is 0 Å². The van der Waals surface area contributed by atoms with E-state index >= 15 is 0 Å². The Morgan fingerprint density at radius 3 is 2.94 bits per heavy atom. The van der Waals surface area contributed by atoms with Crippen LogP contribution in [-0.2, 0) is 6.42 Å². The quantitative estimate of drug-likeness (QED) is 0.705. The van der Waals surface area contributed by atoms with Crippen LogP contribution in [0.1, 0.15) is 12.5 Å². The second-order valence-corrected chi connectivity index (χ2v) is 4.94. The fourth-order valence-corrected chi connectivity index (χ4v) is 2.05. The lowest BCUT2D eigenvalue weighted by Gasteiger charge is -2.06. The van der Waals surface area contributed by atoms with E-state index in [9.17, 15) is 0 Å². The summed E-state index contributed by atoms with van der Waals surface area (Å²) in [7, 11) is 1.71. The first-order chi connectivity index (χ1) is 7.86. The fourth-order valence-electron chi connectivity index (χ4n) is 1.47. The van der Waals surface area contributed by atoms with Gasteiger partial charge in [0.1, 0.15) is 5.75 Å². The maximum atomic E-state index is 5.19. The first kappa shape index (κ1) is 13.4. The molecular formula is C13H21NOS. The lowest BCUT2D eigenvalue weighted by atomic mass is 10.1. The first-order valence-corrected chi connectivity index (χ1v) is 6.93. The van der Waals surface area contributed by atoms with Gasteiger partial charge >= 0.3 is 0 Å². The van der Waals surface area contributed by atoms with Crippen molar-refractivity contribution in [1.29, 1.82) is 0 Å². The lowest BCUT2D eigenvalue weighted by molar-refractivity contribution is 0.414. The number of hydrogen-bond acceptors (Lipinski definition) is 3. The van der Waals surface area contributed by atoms with Crippen LogP contribution < -0.4 is 10.1 Å². The van der Waals surface area contributed by atoms with Crippen LogP contribution >= 0.6 is 11.8 Å². The fraction of sp³-hybridized carbons (Fsp3) is 0.538. The van der Waals surface area contributed by atoms with Crippen LogP contribution in [0.2, 0.25) is 0 Å². The molecule has 2 nitrogen and oxygen atoms in total. The second kappa shape index (κ2) is 8.48. The molecule has 0 saturated heterocycles. The molecule has 0 aromatic heterocycles. The summed E-state index contributed by atoms with van der Waals surface area (Å²) < 4.78 is 5.19. The number of methoxy groups -OCH3 is 1. The maximum absolute atomic E-state index is 5.19. The Labute approximate surface area is 103 Å². The lowest BCUT2D eigenvalue weighted by Crippen LogP contribution is -2.20. The Bertz CT molecular complexity index is 291. The van der Waals surface area contributed by atoms with Gasteiger partial charge in [0.2, 0.25) is 0 Å². The Hall–Kier alpha value is -0.670. The molecule has 0 aliphatic rings. The molecule has 0 fully saturated rings. The minimum atomic E-state index is 0.944. The number of benzene rings is 1. The summed E-state index contributed by atoms with van der Waals surface area (Å²) in [5.41, 5.74) is 1.33. The van der Waals surface area contributed by atoms with Gasteiger partial charge in [0.25, 0.3) is 0 Å². The third-order valence-corrected chi connectivity index (χ3v) is 3.25. The van der Waals surface area contributed by atoms with Gasteiger partial charge in [-0.05, 0) is 36.4 Å². The van der Waals surface area contributed by atoms with Gasteiger partial charge in [-0.2, -0.15) is 11.8 Å². The molecule has 1 N–H and O–H groups in total. The van der Waals surface area contributed by atoms with Crippen molar-refractivity contribution >= 4 is 11.8 Å². The highest BCUT2D eigenvalue weighted by molar-refractivity contribution is 7.99. The maximum Gasteiger partial charge on any atom is 0.119 e. The number of nitrogens with one attached hydrogen (secondary N) is 1. The van der Waals surface area contributed by atoms with Crippen LogP contribution in [-0.4, -0.2) is 31.7 Å². The van der Waals surface area contributed by atoms with Crippen molar-refractivity contribution in [3.05, 3.63) is 29.8 Å². The van der Waals surface area contributed by atoms with Crippen LogP contribution in [0.15, 0.2) is 24.3 Å². The Balaban J connectivity index is 2.16. The van der Waals surface area contributed by atoms with Gasteiger partial charge in [0.05, 0.1) is 7.11 Å². The predicted octanol–water partition coefficient (Wildman–Crippen LogP) is 2.58.